The van der Waals surface area contributed by atoms with Gasteiger partial charge in [-0.15, -0.1) is 0 Å². The van der Waals surface area contributed by atoms with Crippen LogP contribution in [0.1, 0.15) is 20.3 Å². The second-order valence-electron chi connectivity index (χ2n) is 5.31. The van der Waals surface area contributed by atoms with Crippen molar-refractivity contribution in [2.75, 3.05) is 31.1 Å². The number of para-hydroxylation sites is 1. The lowest BCUT2D eigenvalue weighted by molar-refractivity contribution is 0.0888. The smallest absolute Gasteiger partial charge is 0.185 e. The average Bonchev–Trinajstić information content (AvgIpc) is 2.47. The minimum atomic E-state index is 0.173. The Morgan fingerprint density at radius 1 is 1.42 bits per heavy atom. The molecule has 4 nitrogen and oxygen atoms in total. The van der Waals surface area contributed by atoms with Gasteiger partial charge in [0.15, 0.2) is 11.5 Å². The fraction of sp³-hybridized carbons (Fsp3) is 0.600. The summed E-state index contributed by atoms with van der Waals surface area (Å²) in [6.45, 7) is 8.08. The summed E-state index contributed by atoms with van der Waals surface area (Å²) >= 11 is 0. The molecule has 0 aromatic heterocycles. The van der Waals surface area contributed by atoms with E-state index in [4.69, 9.17) is 9.47 Å². The summed E-state index contributed by atoms with van der Waals surface area (Å²) in [4.78, 5) is 2.41. The van der Waals surface area contributed by atoms with Crippen LogP contribution in [0.2, 0.25) is 0 Å². The van der Waals surface area contributed by atoms with Crippen LogP contribution in [0.4, 0.5) is 5.69 Å². The van der Waals surface area contributed by atoms with E-state index in [1.807, 2.05) is 6.07 Å². The number of nitrogens with zero attached hydrogens (tertiary/aromatic N) is 1. The molecule has 0 spiro atoms. The van der Waals surface area contributed by atoms with Gasteiger partial charge in [0.2, 0.25) is 0 Å². The van der Waals surface area contributed by atoms with Crippen molar-refractivity contribution in [2.45, 2.75) is 32.4 Å². The Kier molecular flexibility index (Phi) is 3.51. The molecule has 2 unspecified atom stereocenters. The molecule has 104 valence electrons. The maximum absolute atomic E-state index is 6.13. The van der Waals surface area contributed by atoms with Crippen molar-refractivity contribution in [3.05, 3.63) is 18.2 Å². The molecule has 4 heteroatoms. The lowest BCUT2D eigenvalue weighted by Gasteiger charge is -2.38. The predicted octanol–water partition coefficient (Wildman–Crippen LogP) is 2.03. The lowest BCUT2D eigenvalue weighted by Crippen LogP contribution is -2.50. The molecule has 0 aliphatic carbocycles. The highest BCUT2D eigenvalue weighted by atomic mass is 16.6. The summed E-state index contributed by atoms with van der Waals surface area (Å²) < 4.78 is 12.0. The van der Waals surface area contributed by atoms with Gasteiger partial charge in [-0.2, -0.15) is 0 Å². The average molecular weight is 262 g/mol. The van der Waals surface area contributed by atoms with Gasteiger partial charge in [0, 0.05) is 25.7 Å². The number of fused-ring (bicyclic) bond motifs is 1. The van der Waals surface area contributed by atoms with Crippen molar-refractivity contribution in [2.24, 2.45) is 0 Å². The molecule has 0 amide bonds. The van der Waals surface area contributed by atoms with E-state index >= 15 is 0 Å². The molecular weight excluding hydrogens is 240 g/mol. The Balaban J connectivity index is 1.93. The monoisotopic (exact) mass is 262 g/mol. The minimum absolute atomic E-state index is 0.173. The van der Waals surface area contributed by atoms with Crippen LogP contribution in [-0.4, -0.2) is 38.4 Å². The first kappa shape index (κ1) is 12.6. The van der Waals surface area contributed by atoms with E-state index < -0.39 is 0 Å². The summed E-state index contributed by atoms with van der Waals surface area (Å²) in [5.74, 6) is 1.81. The van der Waals surface area contributed by atoms with Gasteiger partial charge in [-0.25, -0.2) is 0 Å². The van der Waals surface area contributed by atoms with E-state index in [0.29, 0.717) is 12.6 Å². The largest absolute Gasteiger partial charge is 0.486 e. The Bertz CT molecular complexity index is 450. The molecule has 3 rings (SSSR count). The Labute approximate surface area is 114 Å². The molecule has 0 saturated carbocycles. The van der Waals surface area contributed by atoms with Crippen LogP contribution in [0.25, 0.3) is 0 Å². The van der Waals surface area contributed by atoms with Crippen LogP contribution >= 0.6 is 0 Å². The maximum Gasteiger partial charge on any atom is 0.185 e. The van der Waals surface area contributed by atoms with E-state index in [1.165, 1.54) is 5.69 Å². The fourth-order valence-corrected chi connectivity index (χ4v) is 2.75. The third kappa shape index (κ3) is 2.37. The van der Waals surface area contributed by atoms with Gasteiger partial charge in [0.25, 0.3) is 0 Å². The molecule has 2 aliphatic rings. The van der Waals surface area contributed by atoms with Crippen molar-refractivity contribution in [1.29, 1.82) is 0 Å². The van der Waals surface area contributed by atoms with Crippen molar-refractivity contribution in [3.63, 3.8) is 0 Å². The normalized spacial score (nSPS) is 26.3. The highest BCUT2D eigenvalue weighted by Gasteiger charge is 2.27. The van der Waals surface area contributed by atoms with E-state index in [2.05, 4.69) is 36.2 Å². The van der Waals surface area contributed by atoms with Gasteiger partial charge in [-0.1, -0.05) is 13.0 Å². The third-order valence-electron chi connectivity index (χ3n) is 3.93. The highest BCUT2D eigenvalue weighted by Crippen LogP contribution is 2.41. The molecule has 1 aromatic rings. The van der Waals surface area contributed by atoms with Crippen LogP contribution in [0, 0.1) is 0 Å². The van der Waals surface area contributed by atoms with Crippen molar-refractivity contribution < 1.29 is 9.47 Å². The summed E-state index contributed by atoms with van der Waals surface area (Å²) in [6.07, 6.45) is 1.15. The molecule has 1 N–H and O–H groups in total. The van der Waals surface area contributed by atoms with Crippen molar-refractivity contribution in [3.8, 4) is 11.5 Å². The van der Waals surface area contributed by atoms with Gasteiger partial charge < -0.3 is 19.7 Å². The van der Waals surface area contributed by atoms with E-state index in [1.54, 1.807) is 0 Å². The zero-order valence-corrected chi connectivity index (χ0v) is 11.7. The van der Waals surface area contributed by atoms with Crippen LogP contribution in [0.3, 0.4) is 0 Å². The van der Waals surface area contributed by atoms with Crippen molar-refractivity contribution in [1.82, 2.24) is 5.32 Å². The van der Waals surface area contributed by atoms with Crippen molar-refractivity contribution >= 4 is 5.69 Å². The van der Waals surface area contributed by atoms with E-state index in [-0.39, 0.29) is 6.10 Å². The molecule has 19 heavy (non-hydrogen) atoms. The zero-order chi connectivity index (χ0) is 13.2. The molecule has 1 aromatic carbocycles. The zero-order valence-electron chi connectivity index (χ0n) is 11.7. The van der Waals surface area contributed by atoms with Crippen LogP contribution in [0.5, 0.6) is 11.5 Å². The predicted molar refractivity (Wildman–Crippen MR) is 76.3 cm³/mol. The molecule has 2 heterocycles. The summed E-state index contributed by atoms with van der Waals surface area (Å²) in [5.41, 5.74) is 1.17. The summed E-state index contributed by atoms with van der Waals surface area (Å²) in [7, 11) is 0. The third-order valence-corrected chi connectivity index (χ3v) is 3.93. The van der Waals surface area contributed by atoms with Gasteiger partial charge in [0.1, 0.15) is 12.7 Å². The Morgan fingerprint density at radius 3 is 3.11 bits per heavy atom. The van der Waals surface area contributed by atoms with Gasteiger partial charge in [-0.05, 0) is 25.5 Å². The molecular formula is C15H22N2O2. The Hall–Kier alpha value is -1.42. The SMILES string of the molecule is CCC1COc2cccc(N3CCNCC3C)c2O1. The van der Waals surface area contributed by atoms with Crippen LogP contribution in [-0.2, 0) is 0 Å². The molecule has 2 atom stereocenters. The highest BCUT2D eigenvalue weighted by molar-refractivity contribution is 5.66. The number of anilines is 1. The van der Waals surface area contributed by atoms with Gasteiger partial charge in [-0.3, -0.25) is 0 Å². The number of benzene rings is 1. The number of hydrogen-bond acceptors (Lipinski definition) is 4. The lowest BCUT2D eigenvalue weighted by atomic mass is 10.1. The molecule has 0 radical (unpaired) electrons. The minimum Gasteiger partial charge on any atom is -0.486 e. The first-order chi connectivity index (χ1) is 9.29. The first-order valence-electron chi connectivity index (χ1n) is 7.19. The van der Waals surface area contributed by atoms with Gasteiger partial charge in [0.05, 0.1) is 5.69 Å². The molecule has 1 saturated heterocycles. The number of ether oxygens (including phenoxy) is 2. The second-order valence-corrected chi connectivity index (χ2v) is 5.31. The molecule has 1 fully saturated rings. The first-order valence-corrected chi connectivity index (χ1v) is 7.19. The van der Waals surface area contributed by atoms with E-state index in [9.17, 15) is 0 Å². The Morgan fingerprint density at radius 2 is 2.32 bits per heavy atom. The van der Waals surface area contributed by atoms with Crippen LogP contribution < -0.4 is 19.7 Å². The molecule has 2 aliphatic heterocycles. The topological polar surface area (TPSA) is 33.7 Å². The number of rotatable bonds is 2. The number of nitrogens with one attached hydrogen (secondary N) is 1. The number of hydrogen-bond donors (Lipinski definition) is 1. The number of piperazine rings is 1. The maximum atomic E-state index is 6.13. The molecule has 0 bridgehead atoms. The van der Waals surface area contributed by atoms with E-state index in [0.717, 1.165) is 37.6 Å². The summed E-state index contributed by atoms with van der Waals surface area (Å²) in [5, 5.41) is 3.42. The standard InChI is InChI=1S/C15H22N2O2/c1-3-12-10-18-14-6-4-5-13(15(14)19-12)17-8-7-16-9-11(17)2/h4-6,11-12,16H,3,7-10H2,1-2H3. The quantitative estimate of drug-likeness (QED) is 0.884. The second kappa shape index (κ2) is 5.29. The summed E-state index contributed by atoms with van der Waals surface area (Å²) in [6, 6.07) is 6.67. The van der Waals surface area contributed by atoms with Crippen LogP contribution in [0.15, 0.2) is 18.2 Å². The van der Waals surface area contributed by atoms with Gasteiger partial charge >= 0.3 is 0 Å². The fourth-order valence-electron chi connectivity index (χ4n) is 2.75.